The van der Waals surface area contributed by atoms with Crippen molar-refractivity contribution in [2.45, 2.75) is 99.6 Å². The number of hydrogen-bond acceptors (Lipinski definition) is 5. The number of carbonyl (C=O) groups excluding carboxylic acids is 2. The maximum Gasteiger partial charge on any atom is 0.471 e. The zero-order chi connectivity index (χ0) is 36.9. The fourth-order valence-corrected chi connectivity index (χ4v) is 5.06. The van der Waals surface area contributed by atoms with Crippen molar-refractivity contribution in [3.8, 4) is 5.75 Å². The lowest BCUT2D eigenvalue weighted by Crippen LogP contribution is -2.45. The first-order valence-electron chi connectivity index (χ1n) is 16.8. The number of phenols is 1. The largest absolute Gasteiger partial charge is 0.515 e. The molecule has 3 N–H and O–H groups in total. The summed E-state index contributed by atoms with van der Waals surface area (Å²) in [5.41, 5.74) is 6.45. The zero-order valence-electron chi connectivity index (χ0n) is 30.2. The summed E-state index contributed by atoms with van der Waals surface area (Å²) in [5.74, 6) is -0.834. The van der Waals surface area contributed by atoms with Crippen LogP contribution in [0.1, 0.15) is 96.3 Å². The third kappa shape index (κ3) is 14.9. The maximum atomic E-state index is 12.1. The van der Waals surface area contributed by atoms with Crippen molar-refractivity contribution in [3.05, 3.63) is 65.5 Å². The summed E-state index contributed by atoms with van der Waals surface area (Å²) in [4.78, 5) is 25.2. The van der Waals surface area contributed by atoms with E-state index >= 15 is 0 Å². The van der Waals surface area contributed by atoms with Gasteiger partial charge in [-0.2, -0.15) is 13.2 Å². The van der Waals surface area contributed by atoms with Crippen LogP contribution in [0.5, 0.6) is 5.75 Å². The predicted octanol–water partition coefficient (Wildman–Crippen LogP) is 10.2. The second kappa shape index (κ2) is 23.4. The lowest BCUT2D eigenvalue weighted by Gasteiger charge is -2.32. The lowest BCUT2D eigenvalue weighted by atomic mass is 9.92. The second-order valence-electron chi connectivity index (χ2n) is 11.9. The van der Waals surface area contributed by atoms with E-state index in [9.17, 15) is 23.1 Å². The minimum Gasteiger partial charge on any atom is -0.515 e. The normalized spacial score (nSPS) is 13.1. The van der Waals surface area contributed by atoms with Gasteiger partial charge < -0.3 is 29.8 Å². The fourth-order valence-electron chi connectivity index (χ4n) is 5.06. The topological polar surface area (TPSA) is 96.9 Å². The van der Waals surface area contributed by atoms with Gasteiger partial charge in [-0.25, -0.2) is 0 Å². The van der Waals surface area contributed by atoms with E-state index in [0.29, 0.717) is 24.5 Å². The molecule has 1 aliphatic rings. The Kier molecular flexibility index (Phi) is 21.5. The Bertz CT molecular complexity index is 1340. The van der Waals surface area contributed by atoms with Crippen molar-refractivity contribution < 1.29 is 33.0 Å². The Hall–Kier alpha value is -3.95. The third-order valence-electron chi connectivity index (χ3n) is 8.08. The van der Waals surface area contributed by atoms with Gasteiger partial charge in [-0.15, -0.1) is 0 Å². The molecule has 1 aliphatic heterocycles. The molecule has 0 aliphatic carbocycles. The first-order chi connectivity index (χ1) is 22.7. The summed E-state index contributed by atoms with van der Waals surface area (Å²) in [6, 6.07) is 11.9. The number of unbranched alkanes of at least 4 members (excludes halogenated alkanes) is 1. The molecule has 270 valence electrons. The number of aryl methyl sites for hydroxylation is 2. The summed E-state index contributed by atoms with van der Waals surface area (Å²) >= 11 is 0. The van der Waals surface area contributed by atoms with Crippen LogP contribution in [0.15, 0.2) is 48.9 Å². The van der Waals surface area contributed by atoms with Gasteiger partial charge in [0.2, 0.25) is 0 Å². The van der Waals surface area contributed by atoms with Crippen molar-refractivity contribution in [2.24, 2.45) is 5.92 Å². The van der Waals surface area contributed by atoms with E-state index in [1.807, 2.05) is 52.0 Å². The minimum atomic E-state index is -4.71. The number of halogens is 3. The van der Waals surface area contributed by atoms with Crippen LogP contribution in [-0.2, 0) is 9.59 Å². The van der Waals surface area contributed by atoms with Gasteiger partial charge in [0.15, 0.2) is 0 Å². The van der Waals surface area contributed by atoms with E-state index in [0.717, 1.165) is 70.1 Å². The number of rotatable bonds is 7. The monoisotopic (exact) mass is 677 g/mol. The smallest absolute Gasteiger partial charge is 0.471 e. The number of phenolic OH excluding ortho intramolecular Hbond substituents is 1. The molecule has 1 fully saturated rings. The maximum absolute atomic E-state index is 12.1. The average Bonchev–Trinajstić information content (AvgIpc) is 3.50. The molecule has 0 saturated carbocycles. The number of piperidine rings is 1. The number of fused-ring (bicyclic) bond motifs is 1. The zero-order valence-corrected chi connectivity index (χ0v) is 30.2. The molecule has 4 rings (SSSR count). The van der Waals surface area contributed by atoms with Crippen molar-refractivity contribution in [2.75, 3.05) is 31.6 Å². The number of carbonyl (C=O) groups is 2. The number of aromatic nitrogens is 1. The number of anilines is 1. The Morgan fingerprint density at radius 2 is 1.52 bits per heavy atom. The quantitative estimate of drug-likeness (QED) is 0.216. The highest BCUT2D eigenvalue weighted by atomic mass is 19.4. The molecule has 1 saturated heterocycles. The number of aromatic amines is 1. The van der Waals surface area contributed by atoms with Gasteiger partial charge in [0, 0.05) is 44.0 Å². The average molecular weight is 678 g/mol. The van der Waals surface area contributed by atoms with Gasteiger partial charge in [0.1, 0.15) is 12.5 Å². The molecule has 10 heteroatoms. The molecule has 0 radical (unpaired) electrons. The van der Waals surface area contributed by atoms with Gasteiger partial charge in [0.05, 0.1) is 11.8 Å². The van der Waals surface area contributed by atoms with Crippen molar-refractivity contribution >= 4 is 34.9 Å². The van der Waals surface area contributed by atoms with Crippen LogP contribution in [0.2, 0.25) is 0 Å². The van der Waals surface area contributed by atoms with Gasteiger partial charge >= 0.3 is 12.1 Å². The Morgan fingerprint density at radius 3 is 1.96 bits per heavy atom. The number of hydrogen-bond donors (Lipinski definition) is 3. The predicted molar refractivity (Wildman–Crippen MR) is 194 cm³/mol. The number of aliphatic hydroxyl groups is 1. The first-order valence-corrected chi connectivity index (χ1v) is 16.8. The van der Waals surface area contributed by atoms with Crippen LogP contribution in [0, 0.1) is 19.8 Å². The number of amides is 1. The molecule has 2 aromatic carbocycles. The fraction of sp³-hybridized carbons (Fsp3) is 0.526. The number of aromatic hydroxyl groups is 1. The van der Waals surface area contributed by atoms with E-state index in [1.54, 1.807) is 6.07 Å². The van der Waals surface area contributed by atoms with Crippen LogP contribution in [0.3, 0.4) is 0 Å². The summed E-state index contributed by atoms with van der Waals surface area (Å²) in [5, 5.41) is 19.4. The minimum absolute atomic E-state index is 0.253. The van der Waals surface area contributed by atoms with Crippen molar-refractivity contribution in [3.63, 3.8) is 0 Å². The van der Waals surface area contributed by atoms with E-state index in [1.165, 1.54) is 18.5 Å². The summed E-state index contributed by atoms with van der Waals surface area (Å²) in [7, 11) is 2.09. The molecule has 3 aromatic rings. The molecule has 1 aromatic heterocycles. The van der Waals surface area contributed by atoms with E-state index in [2.05, 4.69) is 56.8 Å². The molecule has 2 heterocycles. The highest BCUT2D eigenvalue weighted by molar-refractivity contribution is 5.91. The van der Waals surface area contributed by atoms with E-state index < -0.39 is 12.1 Å². The molecule has 0 bridgehead atoms. The number of nitrogens with zero attached hydrogens (tertiary/aromatic N) is 2. The number of alkyl halides is 3. The Labute approximate surface area is 285 Å². The third-order valence-corrected chi connectivity index (χ3v) is 8.08. The van der Waals surface area contributed by atoms with Crippen molar-refractivity contribution in [1.82, 2.24) is 9.88 Å². The summed E-state index contributed by atoms with van der Waals surface area (Å²) < 4.78 is 36.3. The van der Waals surface area contributed by atoms with Gasteiger partial charge in [-0.1, -0.05) is 71.6 Å². The number of aliphatic hydroxyl groups excluding tert-OH is 1. The molecule has 0 spiro atoms. The molecule has 1 amide bonds. The molecule has 48 heavy (non-hydrogen) atoms. The summed E-state index contributed by atoms with van der Waals surface area (Å²) in [6.45, 7) is 18.1. The number of H-pyrrole nitrogens is 1. The molecule has 7 nitrogen and oxygen atoms in total. The van der Waals surface area contributed by atoms with Crippen LogP contribution in [0.4, 0.5) is 18.9 Å². The van der Waals surface area contributed by atoms with Gasteiger partial charge in [-0.05, 0) is 86.4 Å². The van der Waals surface area contributed by atoms with Gasteiger partial charge in [0.25, 0.3) is 0 Å². The van der Waals surface area contributed by atoms with E-state index in [4.69, 9.17) is 9.90 Å². The SMILES string of the molecule is C=O.CCCC.CCCC1CCN(C(=O)C(F)(F)F)CC1.CCCN(C)c1ccc(/C(C)=C/O)cc1.Cc1ccc(O)c2c(C)c[nH]c12. The van der Waals surface area contributed by atoms with E-state index in [-0.39, 0.29) is 13.1 Å². The number of benzene rings is 2. The molecule has 0 unspecified atom stereocenters. The highest BCUT2D eigenvalue weighted by Crippen LogP contribution is 2.29. The second-order valence-corrected chi connectivity index (χ2v) is 11.9. The number of allylic oxidation sites excluding steroid dienone is 1. The highest BCUT2D eigenvalue weighted by Gasteiger charge is 2.43. The van der Waals surface area contributed by atoms with Crippen LogP contribution in [-0.4, -0.2) is 65.7 Å². The standard InChI is InChI=1S/C13H19NO.C10H16F3NO.C10H11NO.C4H10.CH2O/c1-4-9-14(3)13-7-5-12(6-8-13)11(2)10-15;1-2-3-8-4-6-14(7-5-8)9(15)10(11,12)13;1-6-3-4-8(12)9-7(2)5-11-10(6)9;1-3-4-2;1-2/h5-8,10,15H,4,9H2,1-3H3;8H,2-7H2,1H3;3-5,11-12H,1-2H3;3-4H2,1-2H3;1H2/b11-10+;;;;. The number of likely N-dealkylation sites (tertiary alicyclic amines) is 1. The van der Waals surface area contributed by atoms with Crippen molar-refractivity contribution in [1.29, 1.82) is 0 Å². The molecular weight excluding hydrogens is 619 g/mol. The lowest BCUT2D eigenvalue weighted by molar-refractivity contribution is -0.186. The molecular formula is C38H58F3N3O4. The van der Waals surface area contributed by atoms with Crippen LogP contribution < -0.4 is 4.90 Å². The van der Waals surface area contributed by atoms with Gasteiger partial charge in [-0.3, -0.25) is 4.79 Å². The van der Waals surface area contributed by atoms with Crippen LogP contribution in [0.25, 0.3) is 16.5 Å². The van der Waals surface area contributed by atoms with Crippen LogP contribution >= 0.6 is 0 Å². The first kappa shape index (κ1) is 44.0. The Balaban J connectivity index is 0.000000639. The summed E-state index contributed by atoms with van der Waals surface area (Å²) in [6.07, 6.45) is 5.64. The number of nitrogens with one attached hydrogen (secondary N) is 1. The molecule has 0 atom stereocenters. The Morgan fingerprint density at radius 1 is 0.958 bits per heavy atom.